The van der Waals surface area contributed by atoms with Gasteiger partial charge < -0.3 is 14.1 Å². The van der Waals surface area contributed by atoms with Gasteiger partial charge in [-0.25, -0.2) is 0 Å². The predicted octanol–water partition coefficient (Wildman–Crippen LogP) is 6.01. The lowest BCUT2D eigenvalue weighted by atomic mass is 9.96. The maximum Gasteiger partial charge on any atom is 0.214 e. The van der Waals surface area contributed by atoms with Crippen LogP contribution in [0.5, 0.6) is 0 Å². The fourth-order valence-electron chi connectivity index (χ4n) is 3.97. The zero-order chi connectivity index (χ0) is 24.6. The van der Waals surface area contributed by atoms with Crippen LogP contribution in [0, 0.1) is 10.1 Å². The Morgan fingerprint density at radius 1 is 1.30 bits per heavy atom. The van der Waals surface area contributed by atoms with E-state index >= 15 is 0 Å². The Morgan fingerprint density at radius 3 is 2.55 bits per heavy atom. The summed E-state index contributed by atoms with van der Waals surface area (Å²) in [6.07, 6.45) is 6.38. The third-order valence-corrected chi connectivity index (χ3v) is 11.5. The highest BCUT2D eigenvalue weighted by molar-refractivity contribution is 6.74. The quantitative estimate of drug-likeness (QED) is 0.170. The predicted molar refractivity (Wildman–Crippen MR) is 138 cm³/mol. The molecule has 0 N–H and O–H groups in total. The van der Waals surface area contributed by atoms with Gasteiger partial charge in [0.1, 0.15) is 0 Å². The molecule has 0 unspecified atom stereocenters. The largest absolute Gasteiger partial charge is 0.413 e. The van der Waals surface area contributed by atoms with E-state index in [9.17, 15) is 10.1 Å². The summed E-state index contributed by atoms with van der Waals surface area (Å²) >= 11 is 0. The minimum Gasteiger partial charge on any atom is -0.413 e. The van der Waals surface area contributed by atoms with Crippen LogP contribution in [0.25, 0.3) is 0 Å². The molecule has 0 bridgehead atoms. The van der Waals surface area contributed by atoms with Crippen LogP contribution in [0.4, 0.5) is 0 Å². The molecule has 0 amide bonds. The number of likely N-dealkylation sites (tertiary alicyclic amines) is 1. The van der Waals surface area contributed by atoms with Gasteiger partial charge in [0.15, 0.2) is 8.32 Å². The molecule has 1 fully saturated rings. The highest BCUT2D eigenvalue weighted by atomic mass is 28.4. The maximum atomic E-state index is 11.5. The number of hydrogen-bond acceptors (Lipinski definition) is 5. The van der Waals surface area contributed by atoms with Crippen LogP contribution < -0.4 is 0 Å². The average Bonchev–Trinajstić information content (AvgIpc) is 3.18. The number of benzene rings is 1. The van der Waals surface area contributed by atoms with Crippen molar-refractivity contribution in [3.63, 3.8) is 0 Å². The molecule has 0 radical (unpaired) electrons. The van der Waals surface area contributed by atoms with Gasteiger partial charge in [-0.05, 0) is 55.1 Å². The summed E-state index contributed by atoms with van der Waals surface area (Å²) in [5.41, 5.74) is 3.12. The van der Waals surface area contributed by atoms with Gasteiger partial charge in [0.2, 0.25) is 6.54 Å². The van der Waals surface area contributed by atoms with Gasteiger partial charge in [0.05, 0.1) is 25.2 Å². The third-order valence-electron chi connectivity index (χ3n) is 7.02. The highest BCUT2D eigenvalue weighted by Gasteiger charge is 2.37. The summed E-state index contributed by atoms with van der Waals surface area (Å²) in [4.78, 5) is 13.7. The fourth-order valence-corrected chi connectivity index (χ4v) is 4.91. The molecule has 1 aromatic rings. The molecule has 184 valence electrons. The van der Waals surface area contributed by atoms with Crippen molar-refractivity contribution in [2.24, 2.45) is 0 Å². The zero-order valence-electron chi connectivity index (χ0n) is 21.5. The monoisotopic (exact) mass is 474 g/mol. The molecule has 1 heterocycles. The molecule has 1 aliphatic rings. The first kappa shape index (κ1) is 27.3. The Balaban J connectivity index is 2.41. The summed E-state index contributed by atoms with van der Waals surface area (Å²) in [7, 11) is -0.126. The van der Waals surface area contributed by atoms with E-state index in [1.54, 1.807) is 7.11 Å². The van der Waals surface area contributed by atoms with Crippen molar-refractivity contribution in [2.45, 2.75) is 70.6 Å². The van der Waals surface area contributed by atoms with Crippen molar-refractivity contribution in [2.75, 3.05) is 33.4 Å². The second-order valence-corrected chi connectivity index (χ2v) is 15.3. The van der Waals surface area contributed by atoms with E-state index in [2.05, 4.69) is 57.8 Å². The molecule has 0 aromatic heterocycles. The number of hydrogen-bond donors (Lipinski definition) is 0. The molecule has 2 atom stereocenters. The van der Waals surface area contributed by atoms with Crippen LogP contribution in [0.15, 0.2) is 53.8 Å². The van der Waals surface area contributed by atoms with Gasteiger partial charge in [-0.2, -0.15) is 0 Å². The molecule has 2 rings (SSSR count). The smallest absolute Gasteiger partial charge is 0.214 e. The summed E-state index contributed by atoms with van der Waals surface area (Å²) in [5.74, 6) is -0.301. The Morgan fingerprint density at radius 2 is 1.97 bits per heavy atom. The fraction of sp³-hybridized carbons (Fsp3) is 0.615. The summed E-state index contributed by atoms with van der Waals surface area (Å²) in [6, 6.07) is 10.0. The van der Waals surface area contributed by atoms with E-state index in [0.29, 0.717) is 13.2 Å². The number of methoxy groups -OCH3 is 1. The molecular formula is C26H42N2O4Si. The van der Waals surface area contributed by atoms with Crippen LogP contribution in [0.1, 0.15) is 52.0 Å². The van der Waals surface area contributed by atoms with Crippen molar-refractivity contribution < 1.29 is 14.1 Å². The van der Waals surface area contributed by atoms with Crippen LogP contribution in [0.3, 0.4) is 0 Å². The number of allylic oxidation sites excluding steroid dienone is 1. The highest BCUT2D eigenvalue weighted by Crippen LogP contribution is 2.37. The van der Waals surface area contributed by atoms with Crippen LogP contribution in [-0.4, -0.2) is 57.6 Å². The molecule has 1 aliphatic heterocycles. The second-order valence-electron chi connectivity index (χ2n) is 10.5. The molecule has 0 aliphatic carbocycles. The van der Waals surface area contributed by atoms with Crippen molar-refractivity contribution in [1.29, 1.82) is 0 Å². The van der Waals surface area contributed by atoms with Crippen LogP contribution in [0.2, 0.25) is 18.1 Å². The molecule has 33 heavy (non-hydrogen) atoms. The van der Waals surface area contributed by atoms with Gasteiger partial charge in [-0.15, -0.1) is 0 Å². The minimum absolute atomic E-state index is 0.135. The van der Waals surface area contributed by atoms with Gasteiger partial charge in [0, 0.05) is 24.3 Å². The topological polar surface area (TPSA) is 64.8 Å². The van der Waals surface area contributed by atoms with E-state index in [-0.39, 0.29) is 28.5 Å². The average molecular weight is 475 g/mol. The van der Waals surface area contributed by atoms with E-state index in [1.165, 1.54) is 0 Å². The van der Waals surface area contributed by atoms with E-state index in [1.807, 2.05) is 30.3 Å². The van der Waals surface area contributed by atoms with Gasteiger partial charge >= 0.3 is 0 Å². The van der Waals surface area contributed by atoms with E-state index in [0.717, 1.165) is 36.2 Å². The molecule has 0 spiro atoms. The first-order valence-corrected chi connectivity index (χ1v) is 14.8. The second kappa shape index (κ2) is 11.9. The van der Waals surface area contributed by atoms with Crippen molar-refractivity contribution >= 4 is 8.32 Å². The molecule has 1 saturated heterocycles. The van der Waals surface area contributed by atoms with Crippen molar-refractivity contribution in [3.05, 3.63) is 69.4 Å². The Labute approximate surface area is 200 Å². The normalized spacial score (nSPS) is 19.1. The Bertz CT molecular complexity index is 830. The summed E-state index contributed by atoms with van der Waals surface area (Å²) in [6.45, 7) is 15.3. The molecule has 6 nitrogen and oxygen atoms in total. The molecule has 7 heteroatoms. The third kappa shape index (κ3) is 7.79. The maximum absolute atomic E-state index is 11.5. The van der Waals surface area contributed by atoms with Gasteiger partial charge in [0.25, 0.3) is 0 Å². The number of rotatable bonds is 11. The van der Waals surface area contributed by atoms with Gasteiger partial charge in [-0.1, -0.05) is 57.2 Å². The molecular weight excluding hydrogens is 432 g/mol. The molecule has 0 saturated carbocycles. The first-order chi connectivity index (χ1) is 15.5. The van der Waals surface area contributed by atoms with Crippen LogP contribution in [-0.2, 0) is 9.16 Å². The van der Waals surface area contributed by atoms with E-state index in [4.69, 9.17) is 9.16 Å². The van der Waals surface area contributed by atoms with Crippen molar-refractivity contribution in [1.82, 2.24) is 4.90 Å². The SMILES string of the molecule is COC[C@@H]1CCCN1C(=C/[C@@H](C[N+](=O)[O-])c1ccccc1)/C(C)=C\CO[Si](C)(C)C(C)(C)C. The number of nitro groups is 1. The molecule has 1 aromatic carbocycles. The summed E-state index contributed by atoms with van der Waals surface area (Å²) in [5, 5.41) is 11.7. The van der Waals surface area contributed by atoms with Gasteiger partial charge in [-0.3, -0.25) is 10.1 Å². The first-order valence-electron chi connectivity index (χ1n) is 11.9. The minimum atomic E-state index is -1.86. The zero-order valence-corrected chi connectivity index (χ0v) is 22.5. The lowest BCUT2D eigenvalue weighted by Gasteiger charge is -2.36. The lowest BCUT2D eigenvalue weighted by molar-refractivity contribution is -0.481. The summed E-state index contributed by atoms with van der Waals surface area (Å²) < 4.78 is 11.9. The number of ether oxygens (including phenoxy) is 1. The van der Waals surface area contributed by atoms with E-state index < -0.39 is 8.32 Å². The lowest BCUT2D eigenvalue weighted by Crippen LogP contribution is -2.40. The van der Waals surface area contributed by atoms with Crippen LogP contribution >= 0.6 is 0 Å². The Kier molecular flexibility index (Phi) is 9.88. The standard InChI is InChI=1S/C26H42N2O4Si/c1-21(15-17-32-33(6,7)26(2,3)4)25(27-16-11-14-24(27)20-31-5)18-23(19-28(29)30)22-12-9-8-10-13-22/h8-10,12-13,15,18,23-24H,11,14,16-17,19-20H2,1-7H3/b21-15-,25-18+/t23-,24-/m0/s1. The number of nitrogens with zero attached hydrogens (tertiary/aromatic N) is 2. The Hall–Kier alpha value is -1.96. The van der Waals surface area contributed by atoms with Crippen molar-refractivity contribution in [3.8, 4) is 0 Å².